The Balaban J connectivity index is 1.80. The van der Waals surface area contributed by atoms with Crippen molar-refractivity contribution >= 4 is 5.78 Å². The van der Waals surface area contributed by atoms with Gasteiger partial charge in [-0.1, -0.05) is 66.7 Å². The highest BCUT2D eigenvalue weighted by Crippen LogP contribution is 2.33. The Morgan fingerprint density at radius 1 is 1.00 bits per heavy atom. The van der Waals surface area contributed by atoms with Gasteiger partial charge in [-0.05, 0) is 19.4 Å². The predicted octanol–water partition coefficient (Wildman–Crippen LogP) is 4.09. The molecule has 0 fully saturated rings. The Bertz CT molecular complexity index is 686. The van der Waals surface area contributed by atoms with Crippen LogP contribution >= 0.6 is 0 Å². The van der Waals surface area contributed by atoms with E-state index in [0.717, 1.165) is 24.2 Å². The molecule has 0 atom stereocenters. The molecular formula is C20H21NO. The van der Waals surface area contributed by atoms with Crippen LogP contribution in [-0.4, -0.2) is 22.8 Å². The summed E-state index contributed by atoms with van der Waals surface area (Å²) in [5.74, 6) is 0.140. The quantitative estimate of drug-likeness (QED) is 0.791. The molecule has 0 aliphatic carbocycles. The topological polar surface area (TPSA) is 20.3 Å². The van der Waals surface area contributed by atoms with E-state index in [1.807, 2.05) is 36.4 Å². The zero-order chi connectivity index (χ0) is 15.6. The van der Waals surface area contributed by atoms with Crippen molar-refractivity contribution in [3.05, 3.63) is 83.4 Å². The number of carbonyl (C=O) groups excluding carboxylic acids is 1. The minimum atomic E-state index is -0.247. The third-order valence-electron chi connectivity index (χ3n) is 4.46. The summed E-state index contributed by atoms with van der Waals surface area (Å²) in [5.41, 5.74) is 2.69. The van der Waals surface area contributed by atoms with Gasteiger partial charge < -0.3 is 0 Å². The molecule has 112 valence electrons. The molecule has 0 saturated carbocycles. The van der Waals surface area contributed by atoms with Gasteiger partial charge in [-0.15, -0.1) is 0 Å². The molecular weight excluding hydrogens is 270 g/mol. The minimum Gasteiger partial charge on any atom is -0.289 e. The molecule has 0 saturated heterocycles. The van der Waals surface area contributed by atoms with Crippen LogP contribution < -0.4 is 0 Å². The molecule has 2 aromatic rings. The van der Waals surface area contributed by atoms with Crippen molar-refractivity contribution in [1.29, 1.82) is 0 Å². The second-order valence-corrected chi connectivity index (χ2v) is 6.24. The molecule has 3 rings (SSSR count). The van der Waals surface area contributed by atoms with Crippen molar-refractivity contribution in [2.24, 2.45) is 0 Å². The van der Waals surface area contributed by atoms with E-state index in [0.29, 0.717) is 0 Å². The van der Waals surface area contributed by atoms with Gasteiger partial charge >= 0.3 is 0 Å². The van der Waals surface area contributed by atoms with Gasteiger partial charge in [0.25, 0.3) is 0 Å². The fourth-order valence-corrected chi connectivity index (χ4v) is 3.03. The van der Waals surface area contributed by atoms with Gasteiger partial charge in [0, 0.05) is 29.8 Å². The monoisotopic (exact) mass is 291 g/mol. The molecule has 0 radical (unpaired) electrons. The van der Waals surface area contributed by atoms with Crippen LogP contribution in [0.3, 0.4) is 0 Å². The van der Waals surface area contributed by atoms with Crippen LogP contribution in [0.2, 0.25) is 0 Å². The highest BCUT2D eigenvalue weighted by molar-refractivity contribution is 6.10. The average Bonchev–Trinajstić information content (AvgIpc) is 2.83. The van der Waals surface area contributed by atoms with Crippen molar-refractivity contribution in [2.45, 2.75) is 25.9 Å². The van der Waals surface area contributed by atoms with Gasteiger partial charge in [0.15, 0.2) is 5.78 Å². The normalized spacial score (nSPS) is 17.3. The lowest BCUT2D eigenvalue weighted by Gasteiger charge is -2.34. The fraction of sp³-hybridized carbons (Fsp3) is 0.250. The smallest absolute Gasteiger partial charge is 0.190 e. The van der Waals surface area contributed by atoms with Crippen LogP contribution in [-0.2, 0) is 6.54 Å². The third kappa shape index (κ3) is 2.75. The van der Waals surface area contributed by atoms with Crippen molar-refractivity contribution in [3.8, 4) is 0 Å². The average molecular weight is 291 g/mol. The summed E-state index contributed by atoms with van der Waals surface area (Å²) >= 11 is 0. The number of hydrogen-bond donors (Lipinski definition) is 0. The zero-order valence-electron chi connectivity index (χ0n) is 13.1. The van der Waals surface area contributed by atoms with E-state index in [4.69, 9.17) is 0 Å². The van der Waals surface area contributed by atoms with E-state index in [9.17, 15) is 4.79 Å². The predicted molar refractivity (Wildman–Crippen MR) is 89.8 cm³/mol. The Morgan fingerprint density at radius 2 is 1.59 bits per heavy atom. The largest absolute Gasteiger partial charge is 0.289 e. The van der Waals surface area contributed by atoms with Crippen LogP contribution in [0.25, 0.3) is 0 Å². The van der Waals surface area contributed by atoms with Gasteiger partial charge in [0.05, 0.1) is 0 Å². The Morgan fingerprint density at radius 3 is 2.23 bits per heavy atom. The molecule has 0 bridgehead atoms. The lowest BCUT2D eigenvalue weighted by atomic mass is 9.89. The molecule has 0 unspecified atom stereocenters. The summed E-state index contributed by atoms with van der Waals surface area (Å²) < 4.78 is 0. The number of carbonyl (C=O) groups is 1. The van der Waals surface area contributed by atoms with E-state index in [1.165, 1.54) is 5.56 Å². The molecule has 1 heterocycles. The maximum Gasteiger partial charge on any atom is 0.190 e. The van der Waals surface area contributed by atoms with Crippen molar-refractivity contribution in [2.75, 3.05) is 6.54 Å². The SMILES string of the molecule is CC1(C)C(C(=O)c2ccccc2)=CCN1Cc1ccccc1. The van der Waals surface area contributed by atoms with Crippen LogP contribution in [0.5, 0.6) is 0 Å². The first-order valence-electron chi connectivity index (χ1n) is 7.68. The van der Waals surface area contributed by atoms with E-state index in [1.54, 1.807) is 0 Å². The van der Waals surface area contributed by atoms with E-state index in [-0.39, 0.29) is 11.3 Å². The summed E-state index contributed by atoms with van der Waals surface area (Å²) in [5, 5.41) is 0. The van der Waals surface area contributed by atoms with Crippen LogP contribution in [0.4, 0.5) is 0 Å². The highest BCUT2D eigenvalue weighted by atomic mass is 16.1. The second-order valence-electron chi connectivity index (χ2n) is 6.24. The lowest BCUT2D eigenvalue weighted by molar-refractivity contribution is 0.0983. The molecule has 0 spiro atoms. The summed E-state index contributed by atoms with van der Waals surface area (Å²) in [4.78, 5) is 15.1. The van der Waals surface area contributed by atoms with Crippen LogP contribution in [0, 0.1) is 0 Å². The van der Waals surface area contributed by atoms with Gasteiger partial charge in [0.2, 0.25) is 0 Å². The molecule has 22 heavy (non-hydrogen) atoms. The van der Waals surface area contributed by atoms with E-state index < -0.39 is 0 Å². The molecule has 2 nitrogen and oxygen atoms in total. The van der Waals surface area contributed by atoms with Crippen molar-refractivity contribution in [3.63, 3.8) is 0 Å². The second kappa shape index (κ2) is 5.90. The number of ketones is 1. The van der Waals surface area contributed by atoms with Crippen molar-refractivity contribution in [1.82, 2.24) is 4.90 Å². The number of rotatable bonds is 4. The molecule has 1 aliphatic heterocycles. The molecule has 2 heteroatoms. The van der Waals surface area contributed by atoms with E-state index >= 15 is 0 Å². The standard InChI is InChI=1S/C20H21NO/c1-20(2)18(19(22)17-11-7-4-8-12-17)13-14-21(20)15-16-9-5-3-6-10-16/h3-13H,14-15H2,1-2H3. The Labute approximate surface area is 132 Å². The molecule has 0 N–H and O–H groups in total. The summed E-state index contributed by atoms with van der Waals surface area (Å²) in [6.07, 6.45) is 2.08. The number of nitrogens with zero attached hydrogens (tertiary/aromatic N) is 1. The lowest BCUT2D eigenvalue weighted by Crippen LogP contribution is -2.42. The molecule has 0 aromatic heterocycles. The maximum atomic E-state index is 12.8. The van der Waals surface area contributed by atoms with Crippen LogP contribution in [0.1, 0.15) is 29.8 Å². The summed E-state index contributed by atoms with van der Waals surface area (Å²) in [6.45, 7) is 5.94. The van der Waals surface area contributed by atoms with Gasteiger partial charge in [-0.25, -0.2) is 0 Å². The molecule has 0 amide bonds. The first-order chi connectivity index (χ1) is 10.6. The van der Waals surface area contributed by atoms with Gasteiger partial charge in [-0.2, -0.15) is 0 Å². The van der Waals surface area contributed by atoms with Gasteiger partial charge in [0.1, 0.15) is 0 Å². The number of benzene rings is 2. The van der Waals surface area contributed by atoms with E-state index in [2.05, 4.69) is 49.1 Å². The molecule has 1 aliphatic rings. The summed E-state index contributed by atoms with van der Waals surface area (Å²) in [6, 6.07) is 19.9. The summed E-state index contributed by atoms with van der Waals surface area (Å²) in [7, 11) is 0. The first-order valence-corrected chi connectivity index (χ1v) is 7.68. The van der Waals surface area contributed by atoms with Crippen LogP contribution in [0.15, 0.2) is 72.3 Å². The zero-order valence-corrected chi connectivity index (χ0v) is 13.1. The number of Topliss-reactive ketones (excluding diaryl/α,β-unsaturated/α-hetero) is 1. The highest BCUT2D eigenvalue weighted by Gasteiger charge is 2.38. The fourth-order valence-electron chi connectivity index (χ4n) is 3.03. The maximum absolute atomic E-state index is 12.8. The first kappa shape index (κ1) is 14.7. The third-order valence-corrected chi connectivity index (χ3v) is 4.46. The van der Waals surface area contributed by atoms with Crippen molar-refractivity contribution < 1.29 is 4.79 Å². The van der Waals surface area contributed by atoms with Gasteiger partial charge in [-0.3, -0.25) is 9.69 Å². The molecule has 2 aromatic carbocycles. The number of hydrogen-bond acceptors (Lipinski definition) is 2. The minimum absolute atomic E-state index is 0.140. The Kier molecular flexibility index (Phi) is 3.95. The Hall–Kier alpha value is -2.19.